The molecule has 0 saturated carbocycles. The molecule has 1 fully saturated rings. The lowest BCUT2D eigenvalue weighted by molar-refractivity contribution is 0.323. The Hall–Kier alpha value is -0.810. The van der Waals surface area contributed by atoms with Gasteiger partial charge in [0.25, 0.3) is 0 Å². The molecule has 106 valence electrons. The molecule has 0 spiro atoms. The molecule has 3 rings (SSSR count). The van der Waals surface area contributed by atoms with E-state index in [4.69, 9.17) is 5.73 Å². The third-order valence-electron chi connectivity index (χ3n) is 3.34. The minimum Gasteiger partial charge on any atom is -0.326 e. The zero-order valence-corrected chi connectivity index (χ0v) is 12.6. The standard InChI is InChI=1S/C13H18N4.2ClH/c1-10-2-3-13-15-12(9-17(13)6-10)8-16-5-4-11(14)7-16;;/h2-3,6,9,11H,4-5,7-8,14H2,1H3;2*1H/t11-;;/m1../s1. The Morgan fingerprint density at radius 1 is 1.32 bits per heavy atom. The first kappa shape index (κ1) is 16.2. The van der Waals surface area contributed by atoms with Crippen molar-refractivity contribution in [3.63, 3.8) is 0 Å². The lowest BCUT2D eigenvalue weighted by Gasteiger charge is -2.12. The van der Waals surface area contributed by atoms with Gasteiger partial charge in [-0.05, 0) is 25.0 Å². The van der Waals surface area contributed by atoms with Gasteiger partial charge in [-0.2, -0.15) is 0 Å². The molecule has 0 bridgehead atoms. The topological polar surface area (TPSA) is 46.6 Å². The van der Waals surface area contributed by atoms with Crippen molar-refractivity contribution < 1.29 is 0 Å². The van der Waals surface area contributed by atoms with Crippen molar-refractivity contribution in [1.82, 2.24) is 14.3 Å². The second-order valence-corrected chi connectivity index (χ2v) is 4.99. The molecule has 4 nitrogen and oxygen atoms in total. The molecule has 19 heavy (non-hydrogen) atoms. The van der Waals surface area contributed by atoms with Crippen LogP contribution >= 0.6 is 24.8 Å². The Balaban J connectivity index is 0.000000902. The Labute approximate surface area is 125 Å². The van der Waals surface area contributed by atoms with Crippen molar-refractivity contribution >= 4 is 30.5 Å². The summed E-state index contributed by atoms with van der Waals surface area (Å²) in [4.78, 5) is 7.00. The highest BCUT2D eigenvalue weighted by molar-refractivity contribution is 5.85. The van der Waals surface area contributed by atoms with E-state index in [2.05, 4.69) is 45.7 Å². The second-order valence-electron chi connectivity index (χ2n) is 4.99. The molecule has 2 aromatic rings. The van der Waals surface area contributed by atoms with Crippen LogP contribution in [-0.2, 0) is 6.54 Å². The monoisotopic (exact) mass is 302 g/mol. The van der Waals surface area contributed by atoms with E-state index in [1.165, 1.54) is 5.56 Å². The van der Waals surface area contributed by atoms with Crippen molar-refractivity contribution in [1.29, 1.82) is 0 Å². The summed E-state index contributed by atoms with van der Waals surface area (Å²) in [6, 6.07) is 4.50. The molecule has 2 N–H and O–H groups in total. The van der Waals surface area contributed by atoms with Gasteiger partial charge in [0, 0.05) is 38.1 Å². The molecule has 0 unspecified atom stereocenters. The van der Waals surface area contributed by atoms with Gasteiger partial charge in [0.2, 0.25) is 0 Å². The molecule has 0 aliphatic carbocycles. The first-order chi connectivity index (χ1) is 8.20. The number of likely N-dealkylation sites (tertiary alicyclic amines) is 1. The van der Waals surface area contributed by atoms with Gasteiger partial charge in [0.15, 0.2) is 0 Å². The predicted molar refractivity (Wildman–Crippen MR) is 82.3 cm³/mol. The first-order valence-electron chi connectivity index (χ1n) is 6.13. The maximum absolute atomic E-state index is 5.91. The second kappa shape index (κ2) is 6.57. The largest absolute Gasteiger partial charge is 0.326 e. The Kier molecular flexibility index (Phi) is 5.62. The highest BCUT2D eigenvalue weighted by Crippen LogP contribution is 2.13. The Morgan fingerprint density at radius 3 is 2.79 bits per heavy atom. The van der Waals surface area contributed by atoms with E-state index in [-0.39, 0.29) is 24.8 Å². The van der Waals surface area contributed by atoms with Gasteiger partial charge in [-0.15, -0.1) is 24.8 Å². The fourth-order valence-electron chi connectivity index (χ4n) is 2.47. The summed E-state index contributed by atoms with van der Waals surface area (Å²) >= 11 is 0. The molecule has 1 aliphatic rings. The number of rotatable bonds is 2. The van der Waals surface area contributed by atoms with E-state index in [0.29, 0.717) is 6.04 Å². The quantitative estimate of drug-likeness (QED) is 0.923. The Morgan fingerprint density at radius 2 is 2.11 bits per heavy atom. The van der Waals surface area contributed by atoms with Crippen LogP contribution in [0.1, 0.15) is 17.7 Å². The van der Waals surface area contributed by atoms with Crippen molar-refractivity contribution in [2.24, 2.45) is 5.73 Å². The minimum atomic E-state index is 0. The maximum Gasteiger partial charge on any atom is 0.137 e. The van der Waals surface area contributed by atoms with Crippen LogP contribution < -0.4 is 5.73 Å². The summed E-state index contributed by atoms with van der Waals surface area (Å²) in [6.07, 6.45) is 5.33. The Bertz CT molecular complexity index is 540. The number of hydrogen-bond acceptors (Lipinski definition) is 3. The fraction of sp³-hybridized carbons (Fsp3) is 0.462. The summed E-state index contributed by atoms with van der Waals surface area (Å²) in [6.45, 7) is 5.09. The molecule has 1 aliphatic heterocycles. The van der Waals surface area contributed by atoms with E-state index in [1.54, 1.807) is 0 Å². The number of aromatic nitrogens is 2. The summed E-state index contributed by atoms with van der Waals surface area (Å²) in [5.41, 5.74) is 9.31. The number of imidazole rings is 1. The molecule has 0 radical (unpaired) electrons. The van der Waals surface area contributed by atoms with E-state index >= 15 is 0 Å². The molecular weight excluding hydrogens is 283 g/mol. The van der Waals surface area contributed by atoms with Crippen LogP contribution in [0.2, 0.25) is 0 Å². The van der Waals surface area contributed by atoms with Gasteiger partial charge in [-0.25, -0.2) is 4.98 Å². The average molecular weight is 303 g/mol. The number of nitrogens with two attached hydrogens (primary N) is 1. The van der Waals surface area contributed by atoms with Crippen LogP contribution in [0.3, 0.4) is 0 Å². The van der Waals surface area contributed by atoms with Gasteiger partial charge in [-0.1, -0.05) is 6.07 Å². The van der Waals surface area contributed by atoms with Crippen molar-refractivity contribution in [3.05, 3.63) is 35.8 Å². The molecule has 2 aromatic heterocycles. The molecule has 1 atom stereocenters. The average Bonchev–Trinajstić information content (AvgIpc) is 2.84. The van der Waals surface area contributed by atoms with Gasteiger partial charge in [0.05, 0.1) is 5.69 Å². The number of halogens is 2. The number of aryl methyl sites for hydroxylation is 1. The highest BCUT2D eigenvalue weighted by Gasteiger charge is 2.19. The van der Waals surface area contributed by atoms with Crippen LogP contribution in [0.4, 0.5) is 0 Å². The summed E-state index contributed by atoms with van der Waals surface area (Å²) in [5.74, 6) is 0. The number of fused-ring (bicyclic) bond motifs is 1. The van der Waals surface area contributed by atoms with E-state index in [9.17, 15) is 0 Å². The van der Waals surface area contributed by atoms with Gasteiger partial charge in [-0.3, -0.25) is 4.90 Å². The van der Waals surface area contributed by atoms with Crippen LogP contribution in [0.15, 0.2) is 24.5 Å². The van der Waals surface area contributed by atoms with Crippen LogP contribution in [0.25, 0.3) is 5.65 Å². The number of pyridine rings is 1. The molecule has 6 heteroatoms. The van der Waals surface area contributed by atoms with Crippen molar-refractivity contribution in [3.8, 4) is 0 Å². The van der Waals surface area contributed by atoms with Crippen molar-refractivity contribution in [2.45, 2.75) is 25.9 Å². The van der Waals surface area contributed by atoms with Gasteiger partial charge in [0.1, 0.15) is 5.65 Å². The van der Waals surface area contributed by atoms with Gasteiger partial charge < -0.3 is 10.1 Å². The number of nitrogens with zero attached hydrogens (tertiary/aromatic N) is 3. The molecule has 0 amide bonds. The predicted octanol–water partition coefficient (Wildman–Crippen LogP) is 2.02. The fourth-order valence-corrected chi connectivity index (χ4v) is 2.47. The van der Waals surface area contributed by atoms with Crippen LogP contribution in [0.5, 0.6) is 0 Å². The lowest BCUT2D eigenvalue weighted by atomic mass is 10.3. The molecular formula is C13H20Cl2N4. The van der Waals surface area contributed by atoms with Crippen molar-refractivity contribution in [2.75, 3.05) is 13.1 Å². The summed E-state index contributed by atoms with van der Waals surface area (Å²) in [5, 5.41) is 0. The van der Waals surface area contributed by atoms with E-state index in [1.807, 2.05) is 0 Å². The first-order valence-corrected chi connectivity index (χ1v) is 6.13. The number of hydrogen-bond donors (Lipinski definition) is 1. The lowest BCUT2D eigenvalue weighted by Crippen LogP contribution is -2.26. The van der Waals surface area contributed by atoms with Crippen LogP contribution in [0, 0.1) is 6.92 Å². The summed E-state index contributed by atoms with van der Waals surface area (Å²) in [7, 11) is 0. The highest BCUT2D eigenvalue weighted by atomic mass is 35.5. The normalized spacial score (nSPS) is 19.2. The van der Waals surface area contributed by atoms with E-state index < -0.39 is 0 Å². The van der Waals surface area contributed by atoms with E-state index in [0.717, 1.165) is 37.4 Å². The molecule has 1 saturated heterocycles. The zero-order chi connectivity index (χ0) is 11.8. The SMILES string of the molecule is Cc1ccc2nc(CN3CC[C@@H](N)C3)cn2c1.Cl.Cl. The third-order valence-corrected chi connectivity index (χ3v) is 3.34. The minimum absolute atomic E-state index is 0. The maximum atomic E-state index is 5.91. The van der Waals surface area contributed by atoms with Crippen LogP contribution in [-0.4, -0.2) is 33.4 Å². The summed E-state index contributed by atoms with van der Waals surface area (Å²) < 4.78 is 2.10. The smallest absolute Gasteiger partial charge is 0.137 e. The molecule has 0 aromatic carbocycles. The van der Waals surface area contributed by atoms with Gasteiger partial charge >= 0.3 is 0 Å². The third kappa shape index (κ3) is 3.60. The molecule has 3 heterocycles. The zero-order valence-electron chi connectivity index (χ0n) is 11.0.